The minimum atomic E-state index is 0.725. The molecule has 2 aliphatic heterocycles. The largest absolute Gasteiger partial charge is 0.380 e. The first kappa shape index (κ1) is 22.8. The number of aromatic nitrogens is 1. The van der Waals surface area contributed by atoms with E-state index in [-0.39, 0.29) is 0 Å². The van der Waals surface area contributed by atoms with E-state index in [1.165, 1.54) is 29.8 Å². The zero-order valence-corrected chi connectivity index (χ0v) is 20.4. The van der Waals surface area contributed by atoms with Crippen LogP contribution in [0.15, 0.2) is 60.3 Å². The van der Waals surface area contributed by atoms with Crippen molar-refractivity contribution >= 4 is 28.6 Å². The number of nitrogens with one attached hydrogen (secondary N) is 1. The van der Waals surface area contributed by atoms with Crippen LogP contribution < -0.4 is 10.2 Å². The Bertz CT molecular complexity index is 1140. The van der Waals surface area contributed by atoms with E-state index in [1.54, 1.807) is 0 Å². The summed E-state index contributed by atoms with van der Waals surface area (Å²) < 4.78 is 0. The lowest BCUT2D eigenvalue weighted by atomic mass is 10.0. The van der Waals surface area contributed by atoms with Crippen LogP contribution in [0.25, 0.3) is 11.3 Å². The minimum absolute atomic E-state index is 0.725. The Hall–Kier alpha value is -3.34. The van der Waals surface area contributed by atoms with Crippen molar-refractivity contribution in [3.8, 4) is 0 Å². The van der Waals surface area contributed by atoms with Gasteiger partial charge in [-0.05, 0) is 62.9 Å². The average molecular weight is 442 g/mol. The van der Waals surface area contributed by atoms with Crippen molar-refractivity contribution in [1.29, 1.82) is 0 Å². The summed E-state index contributed by atoms with van der Waals surface area (Å²) in [5.41, 5.74) is 9.48. The van der Waals surface area contributed by atoms with Gasteiger partial charge in [-0.15, -0.1) is 0 Å². The number of anilines is 2. The molecule has 172 valence electrons. The summed E-state index contributed by atoms with van der Waals surface area (Å²) in [5.74, 6) is 0.847. The maximum atomic E-state index is 4.97. The molecule has 1 N–H and O–H groups in total. The van der Waals surface area contributed by atoms with E-state index < -0.39 is 0 Å². The van der Waals surface area contributed by atoms with Gasteiger partial charge in [0, 0.05) is 43.2 Å². The lowest BCUT2D eigenvalue weighted by Gasteiger charge is -2.21. The molecule has 1 aromatic heterocycles. The highest BCUT2D eigenvalue weighted by Gasteiger charge is 2.25. The second-order valence-electron chi connectivity index (χ2n) is 9.18. The molecule has 4 rings (SSSR count). The number of pyridine rings is 1. The molecule has 0 aliphatic carbocycles. The van der Waals surface area contributed by atoms with Gasteiger partial charge in [0.1, 0.15) is 0 Å². The van der Waals surface area contributed by atoms with Gasteiger partial charge in [0.25, 0.3) is 0 Å². The molecule has 0 atom stereocenters. The van der Waals surface area contributed by atoms with Gasteiger partial charge in [-0.1, -0.05) is 38.1 Å². The molecule has 2 bridgehead atoms. The van der Waals surface area contributed by atoms with Crippen LogP contribution in [0.4, 0.5) is 11.4 Å². The van der Waals surface area contributed by atoms with Crippen LogP contribution in [-0.4, -0.2) is 36.5 Å². The highest BCUT2D eigenvalue weighted by atomic mass is 15.4. The van der Waals surface area contributed by atoms with E-state index in [0.29, 0.717) is 0 Å². The second kappa shape index (κ2) is 9.65. The van der Waals surface area contributed by atoms with Gasteiger partial charge in [0.15, 0.2) is 0 Å². The average Bonchev–Trinajstić information content (AvgIpc) is 3.10. The van der Waals surface area contributed by atoms with E-state index in [0.717, 1.165) is 65.7 Å². The molecule has 2 aromatic rings. The van der Waals surface area contributed by atoms with Gasteiger partial charge < -0.3 is 15.1 Å². The molecule has 0 saturated carbocycles. The fourth-order valence-electron chi connectivity index (χ4n) is 4.64. The summed E-state index contributed by atoms with van der Waals surface area (Å²) in [4.78, 5) is 14.3. The number of aryl methyl sites for hydroxylation is 2. The zero-order chi connectivity index (χ0) is 23.5. The topological polar surface area (TPSA) is 43.8 Å². The van der Waals surface area contributed by atoms with Gasteiger partial charge >= 0.3 is 0 Å². The Balaban J connectivity index is 1.81. The first-order chi connectivity index (χ1) is 15.9. The molecule has 2 aliphatic rings. The van der Waals surface area contributed by atoms with E-state index >= 15 is 0 Å². The molecule has 5 heteroatoms. The molecule has 0 spiro atoms. The van der Waals surface area contributed by atoms with E-state index in [9.17, 15) is 0 Å². The molecule has 0 saturated heterocycles. The number of aliphatic imine (C=N–C) groups is 1. The van der Waals surface area contributed by atoms with Crippen molar-refractivity contribution in [3.05, 3.63) is 77.8 Å². The maximum absolute atomic E-state index is 4.97. The minimum Gasteiger partial charge on any atom is -0.380 e. The van der Waals surface area contributed by atoms with Crippen LogP contribution in [-0.2, 0) is 0 Å². The first-order valence-corrected chi connectivity index (χ1v) is 11.8. The van der Waals surface area contributed by atoms with Crippen LogP contribution in [0, 0.1) is 13.8 Å². The van der Waals surface area contributed by atoms with Crippen molar-refractivity contribution in [3.63, 3.8) is 0 Å². The van der Waals surface area contributed by atoms with Crippen LogP contribution >= 0.6 is 0 Å². The highest BCUT2D eigenvalue weighted by Crippen LogP contribution is 2.35. The van der Waals surface area contributed by atoms with Gasteiger partial charge in [-0.3, -0.25) is 4.98 Å². The van der Waals surface area contributed by atoms with E-state index in [2.05, 4.69) is 79.6 Å². The SMILES string of the molecule is C=C/C1=C(\N(C)C)CCCCCCN2/C(=N/C(=C)c3cc(C)nc1c3)Nc1ccc(C)cc12. The maximum Gasteiger partial charge on any atom is 0.208 e. The fourth-order valence-corrected chi connectivity index (χ4v) is 4.64. The summed E-state index contributed by atoms with van der Waals surface area (Å²) in [5, 5.41) is 3.52. The first-order valence-electron chi connectivity index (χ1n) is 11.8. The Morgan fingerprint density at radius 1 is 1.06 bits per heavy atom. The van der Waals surface area contributed by atoms with Crippen molar-refractivity contribution < 1.29 is 0 Å². The third-order valence-electron chi connectivity index (χ3n) is 6.35. The number of guanidine groups is 1. The molecular formula is C28H35N5. The Morgan fingerprint density at radius 2 is 1.85 bits per heavy atom. The van der Waals surface area contributed by atoms with Gasteiger partial charge in [-0.25, -0.2) is 4.99 Å². The van der Waals surface area contributed by atoms with Crippen molar-refractivity contribution in [2.75, 3.05) is 30.9 Å². The standard InChI is InChI=1S/C28H35N5/c1-7-23-25-18-22(17-20(3)29-25)21(4)30-28-31-24-14-13-19(2)16-27(24)33(28)15-11-9-8-10-12-26(23)32(5)6/h7,13-14,16-18H,1,4,8-12,15H2,2-3,5-6H3,(H,30,31)/b26-23+. The summed E-state index contributed by atoms with van der Waals surface area (Å²) in [6.45, 7) is 13.5. The smallest absolute Gasteiger partial charge is 0.208 e. The molecule has 0 amide bonds. The third-order valence-corrected chi connectivity index (χ3v) is 6.35. The third kappa shape index (κ3) is 4.87. The lowest BCUT2D eigenvalue weighted by Crippen LogP contribution is -2.31. The van der Waals surface area contributed by atoms with Crippen molar-refractivity contribution in [1.82, 2.24) is 9.88 Å². The van der Waals surface area contributed by atoms with E-state index in [4.69, 9.17) is 9.98 Å². The fraction of sp³-hybridized carbons (Fsp3) is 0.357. The monoisotopic (exact) mass is 441 g/mol. The molecule has 3 heterocycles. The zero-order valence-electron chi connectivity index (χ0n) is 20.4. The van der Waals surface area contributed by atoms with Gasteiger partial charge in [0.05, 0.1) is 22.8 Å². The van der Waals surface area contributed by atoms with Crippen LogP contribution in [0.3, 0.4) is 0 Å². The molecule has 5 nitrogen and oxygen atoms in total. The van der Waals surface area contributed by atoms with Crippen LogP contribution in [0.2, 0.25) is 0 Å². The van der Waals surface area contributed by atoms with Gasteiger partial charge in [-0.2, -0.15) is 0 Å². The second-order valence-corrected chi connectivity index (χ2v) is 9.18. The summed E-state index contributed by atoms with van der Waals surface area (Å²) >= 11 is 0. The number of nitrogens with zero attached hydrogens (tertiary/aromatic N) is 4. The van der Waals surface area contributed by atoms with Crippen molar-refractivity contribution in [2.45, 2.75) is 46.0 Å². The summed E-state index contributed by atoms with van der Waals surface area (Å²) in [6, 6.07) is 10.7. The van der Waals surface area contributed by atoms with Crippen molar-refractivity contribution in [2.24, 2.45) is 4.99 Å². The number of hydrogen-bond donors (Lipinski definition) is 1. The molecule has 1 aromatic carbocycles. The van der Waals surface area contributed by atoms with E-state index in [1.807, 2.05) is 13.0 Å². The predicted molar refractivity (Wildman–Crippen MR) is 141 cm³/mol. The number of fused-ring (bicyclic) bond motifs is 5. The number of allylic oxidation sites excluding steroid dienone is 3. The van der Waals surface area contributed by atoms with Crippen LogP contribution in [0.1, 0.15) is 54.6 Å². The molecule has 0 radical (unpaired) electrons. The van der Waals surface area contributed by atoms with Crippen LogP contribution in [0.5, 0.6) is 0 Å². The lowest BCUT2D eigenvalue weighted by molar-refractivity contribution is 0.476. The quantitative estimate of drug-likeness (QED) is 0.587. The summed E-state index contributed by atoms with van der Waals surface area (Å²) in [7, 11) is 4.21. The normalized spacial score (nSPS) is 20.5. The highest BCUT2D eigenvalue weighted by molar-refractivity contribution is 6.16. The predicted octanol–water partition coefficient (Wildman–Crippen LogP) is 6.38. The Kier molecular flexibility index (Phi) is 6.68. The Morgan fingerprint density at radius 3 is 2.61 bits per heavy atom. The summed E-state index contributed by atoms with van der Waals surface area (Å²) in [6.07, 6.45) is 7.58. The molecular weight excluding hydrogens is 406 g/mol. The number of hydrogen-bond acceptors (Lipinski definition) is 5. The molecule has 33 heavy (non-hydrogen) atoms. The molecule has 0 unspecified atom stereocenters. The molecule has 0 fully saturated rings. The number of rotatable bonds is 2. The Labute approximate surface area is 198 Å². The van der Waals surface area contributed by atoms with Gasteiger partial charge in [0.2, 0.25) is 5.96 Å². The number of benzene rings is 1.